The molecule has 32 heavy (non-hydrogen) atoms. The van der Waals surface area contributed by atoms with Crippen LogP contribution in [0, 0.1) is 12.8 Å². The normalized spacial score (nSPS) is 18.0. The van der Waals surface area contributed by atoms with E-state index in [1.54, 1.807) is 23.0 Å². The molecular formula is C21H20F6N4O. The van der Waals surface area contributed by atoms with Crippen LogP contribution in [-0.2, 0) is 12.7 Å². The minimum absolute atomic E-state index is 0.0207. The van der Waals surface area contributed by atoms with Gasteiger partial charge in [0.15, 0.2) is 5.65 Å². The summed E-state index contributed by atoms with van der Waals surface area (Å²) in [7, 11) is 0. The largest absolute Gasteiger partial charge is 0.507 e. The number of phenolic OH excluding ortho intramolecular Hbond substituents is 1. The Morgan fingerprint density at radius 2 is 1.88 bits per heavy atom. The Bertz CT molecular complexity index is 1110. The first-order valence-electron chi connectivity index (χ1n) is 9.93. The van der Waals surface area contributed by atoms with Gasteiger partial charge in [-0.1, -0.05) is 0 Å². The number of aromatic nitrogens is 3. The minimum Gasteiger partial charge on any atom is -0.507 e. The smallest absolute Gasteiger partial charge is 0.416 e. The quantitative estimate of drug-likeness (QED) is 0.559. The van der Waals surface area contributed by atoms with Crippen molar-refractivity contribution in [1.29, 1.82) is 0 Å². The molecule has 172 valence electrons. The molecule has 0 bridgehead atoms. The zero-order valence-electron chi connectivity index (χ0n) is 17.0. The second kappa shape index (κ2) is 7.95. The monoisotopic (exact) mass is 458 g/mol. The molecule has 1 aliphatic rings. The van der Waals surface area contributed by atoms with Gasteiger partial charge in [0.1, 0.15) is 5.75 Å². The van der Waals surface area contributed by atoms with Crippen molar-refractivity contribution in [1.82, 2.24) is 19.7 Å². The van der Waals surface area contributed by atoms with Crippen molar-refractivity contribution < 1.29 is 31.4 Å². The molecule has 0 amide bonds. The number of aryl methyl sites for hydroxylation is 1. The Morgan fingerprint density at radius 1 is 1.12 bits per heavy atom. The Labute approximate surface area is 179 Å². The van der Waals surface area contributed by atoms with E-state index in [-0.39, 0.29) is 22.7 Å². The van der Waals surface area contributed by atoms with Crippen LogP contribution >= 0.6 is 0 Å². The van der Waals surface area contributed by atoms with E-state index in [2.05, 4.69) is 10.1 Å². The molecule has 1 saturated heterocycles. The highest BCUT2D eigenvalue weighted by Crippen LogP contribution is 2.38. The molecule has 1 atom stereocenters. The lowest BCUT2D eigenvalue weighted by molar-refractivity contribution is -0.143. The predicted octanol–water partition coefficient (Wildman–Crippen LogP) is 5.02. The van der Waals surface area contributed by atoms with E-state index >= 15 is 0 Å². The molecule has 0 radical (unpaired) electrons. The number of halogens is 6. The van der Waals surface area contributed by atoms with Gasteiger partial charge >= 0.3 is 12.4 Å². The van der Waals surface area contributed by atoms with E-state index in [9.17, 15) is 31.4 Å². The first-order chi connectivity index (χ1) is 14.9. The zero-order valence-corrected chi connectivity index (χ0v) is 17.0. The average molecular weight is 458 g/mol. The SMILES string of the molecule is Cc1cc(C(F)(F)F)cc(O)c1-c1ccc2cn(C[C@H]3CCN(CC(F)(F)F)C3)nc2n1. The summed E-state index contributed by atoms with van der Waals surface area (Å²) in [5.74, 6) is -0.508. The average Bonchev–Trinajstić information content (AvgIpc) is 3.24. The van der Waals surface area contributed by atoms with E-state index in [0.29, 0.717) is 43.2 Å². The second-order valence-electron chi connectivity index (χ2n) is 8.15. The van der Waals surface area contributed by atoms with Crippen molar-refractivity contribution in [3.8, 4) is 17.0 Å². The fourth-order valence-corrected chi connectivity index (χ4v) is 4.17. The lowest BCUT2D eigenvalue weighted by atomic mass is 10.00. The second-order valence-corrected chi connectivity index (χ2v) is 8.15. The number of fused-ring (bicyclic) bond motifs is 1. The van der Waals surface area contributed by atoms with Crippen molar-refractivity contribution in [3.05, 3.63) is 41.6 Å². The Balaban J connectivity index is 1.54. The first kappa shape index (κ1) is 22.4. The zero-order chi connectivity index (χ0) is 23.3. The van der Waals surface area contributed by atoms with Crippen molar-refractivity contribution in [2.45, 2.75) is 32.2 Å². The summed E-state index contributed by atoms with van der Waals surface area (Å²) in [5, 5.41) is 15.3. The summed E-state index contributed by atoms with van der Waals surface area (Å²) in [6.45, 7) is 1.67. The Morgan fingerprint density at radius 3 is 2.53 bits per heavy atom. The fourth-order valence-electron chi connectivity index (χ4n) is 4.17. The van der Waals surface area contributed by atoms with Crippen molar-refractivity contribution in [2.75, 3.05) is 19.6 Å². The third-order valence-electron chi connectivity index (χ3n) is 5.53. The predicted molar refractivity (Wildman–Crippen MR) is 105 cm³/mol. The molecule has 2 aromatic heterocycles. The summed E-state index contributed by atoms with van der Waals surface area (Å²) in [5.41, 5.74) is 0.0835. The molecule has 3 aromatic rings. The Kier molecular flexibility index (Phi) is 5.56. The summed E-state index contributed by atoms with van der Waals surface area (Å²) in [6.07, 6.45) is -6.44. The number of rotatable bonds is 4. The summed E-state index contributed by atoms with van der Waals surface area (Å²) >= 11 is 0. The molecule has 0 saturated carbocycles. The molecule has 11 heteroatoms. The first-order valence-corrected chi connectivity index (χ1v) is 9.93. The molecule has 0 unspecified atom stereocenters. The summed E-state index contributed by atoms with van der Waals surface area (Å²) in [4.78, 5) is 5.76. The number of hydrogen-bond donors (Lipinski definition) is 1. The maximum Gasteiger partial charge on any atom is 0.416 e. The third-order valence-corrected chi connectivity index (χ3v) is 5.53. The summed E-state index contributed by atoms with van der Waals surface area (Å²) in [6, 6.07) is 4.90. The van der Waals surface area contributed by atoms with Crippen LogP contribution in [0.5, 0.6) is 5.75 Å². The molecule has 0 spiro atoms. The van der Waals surface area contributed by atoms with Crippen LogP contribution in [0.25, 0.3) is 22.3 Å². The molecule has 3 heterocycles. The maximum atomic E-state index is 13.0. The van der Waals surface area contributed by atoms with E-state index in [1.165, 1.54) is 11.8 Å². The van der Waals surface area contributed by atoms with E-state index in [4.69, 9.17) is 0 Å². The number of alkyl halides is 6. The van der Waals surface area contributed by atoms with Gasteiger partial charge in [0.25, 0.3) is 0 Å². The number of hydrogen-bond acceptors (Lipinski definition) is 4. The van der Waals surface area contributed by atoms with Crippen molar-refractivity contribution in [3.63, 3.8) is 0 Å². The fraction of sp³-hybridized carbons (Fsp3) is 0.429. The number of nitrogens with zero attached hydrogens (tertiary/aromatic N) is 4. The highest BCUT2D eigenvalue weighted by molar-refractivity contribution is 5.80. The van der Waals surface area contributed by atoms with Gasteiger partial charge in [-0.3, -0.25) is 9.58 Å². The van der Waals surface area contributed by atoms with E-state index in [1.807, 2.05) is 0 Å². The molecule has 0 aliphatic carbocycles. The van der Waals surface area contributed by atoms with Crippen LogP contribution in [0.4, 0.5) is 26.3 Å². The topological polar surface area (TPSA) is 54.2 Å². The number of likely N-dealkylation sites (tertiary alicyclic amines) is 1. The van der Waals surface area contributed by atoms with Crippen LogP contribution in [0.3, 0.4) is 0 Å². The third kappa shape index (κ3) is 4.82. The number of aromatic hydroxyl groups is 1. The van der Waals surface area contributed by atoms with Crippen molar-refractivity contribution in [2.24, 2.45) is 5.92 Å². The lowest BCUT2D eigenvalue weighted by Crippen LogP contribution is -2.32. The van der Waals surface area contributed by atoms with Gasteiger partial charge in [-0.15, -0.1) is 0 Å². The molecule has 1 aliphatic heterocycles. The number of benzene rings is 1. The van der Waals surface area contributed by atoms with Crippen LogP contribution in [0.1, 0.15) is 17.5 Å². The van der Waals surface area contributed by atoms with Gasteiger partial charge in [0.05, 0.1) is 17.8 Å². The molecule has 4 rings (SSSR count). The highest BCUT2D eigenvalue weighted by Gasteiger charge is 2.34. The van der Waals surface area contributed by atoms with Gasteiger partial charge < -0.3 is 5.11 Å². The van der Waals surface area contributed by atoms with Gasteiger partial charge in [-0.25, -0.2) is 4.98 Å². The van der Waals surface area contributed by atoms with Gasteiger partial charge in [-0.05, 0) is 55.6 Å². The van der Waals surface area contributed by atoms with Gasteiger partial charge in [0, 0.05) is 30.2 Å². The van der Waals surface area contributed by atoms with Crippen LogP contribution < -0.4 is 0 Å². The Hall–Kier alpha value is -2.82. The van der Waals surface area contributed by atoms with Gasteiger partial charge in [-0.2, -0.15) is 31.4 Å². The van der Waals surface area contributed by atoms with Crippen molar-refractivity contribution >= 4 is 11.0 Å². The standard InChI is InChI=1S/C21H20F6N4O/c1-12-6-15(21(25,26)27)7-17(32)18(12)16-3-2-14-10-31(29-19(14)28-16)9-13-4-5-30(8-13)11-20(22,23)24/h2-3,6-7,10,13,32H,4-5,8-9,11H2,1H3/t13-/m0/s1. The van der Waals surface area contributed by atoms with E-state index < -0.39 is 30.2 Å². The highest BCUT2D eigenvalue weighted by atomic mass is 19.4. The molecule has 1 fully saturated rings. The number of pyridine rings is 1. The molecule has 5 nitrogen and oxygen atoms in total. The number of phenols is 1. The molecule has 1 N–H and O–H groups in total. The van der Waals surface area contributed by atoms with Crippen LogP contribution in [-0.4, -0.2) is 50.6 Å². The summed E-state index contributed by atoms with van der Waals surface area (Å²) < 4.78 is 78.3. The van der Waals surface area contributed by atoms with Crippen LogP contribution in [0.2, 0.25) is 0 Å². The van der Waals surface area contributed by atoms with Gasteiger partial charge in [0.2, 0.25) is 0 Å². The minimum atomic E-state index is -4.58. The van der Waals surface area contributed by atoms with E-state index in [0.717, 1.165) is 6.07 Å². The lowest BCUT2D eigenvalue weighted by Gasteiger charge is -2.17. The van der Waals surface area contributed by atoms with Crippen LogP contribution in [0.15, 0.2) is 30.5 Å². The maximum absolute atomic E-state index is 13.0. The molecule has 1 aromatic carbocycles. The molecular weight excluding hydrogens is 438 g/mol.